The normalized spacial score (nSPS) is 15.2. The van der Waals surface area contributed by atoms with E-state index in [0.717, 1.165) is 10.9 Å². The summed E-state index contributed by atoms with van der Waals surface area (Å²) < 4.78 is 27.1. The summed E-state index contributed by atoms with van der Waals surface area (Å²) in [5.74, 6) is -0.0751. The van der Waals surface area contributed by atoms with Crippen molar-refractivity contribution < 1.29 is 13.2 Å². The fraction of sp³-hybridized carbons (Fsp3) is 0.211. The number of carbonyl (C=O) groups is 1. The zero-order chi connectivity index (χ0) is 18.3. The minimum Gasteiger partial charge on any atom is -0.338 e. The highest BCUT2D eigenvalue weighted by Crippen LogP contribution is 2.25. The maximum absolute atomic E-state index is 12.6. The SMILES string of the molecule is O=C(Cn1ccc2ccccc21)N1CC(S(=O)(=O)c2ccc(Cl)cc2)C1. The number of nitrogens with zero attached hydrogens (tertiary/aromatic N) is 2. The monoisotopic (exact) mass is 388 g/mol. The summed E-state index contributed by atoms with van der Waals surface area (Å²) in [6.07, 6.45) is 1.88. The Kier molecular flexibility index (Phi) is 4.25. The Morgan fingerprint density at radius 2 is 1.73 bits per heavy atom. The van der Waals surface area contributed by atoms with Crippen molar-refractivity contribution in [3.05, 3.63) is 65.8 Å². The molecule has 1 amide bonds. The van der Waals surface area contributed by atoms with E-state index in [1.165, 1.54) is 12.1 Å². The molecule has 1 aromatic heterocycles. The summed E-state index contributed by atoms with van der Waals surface area (Å²) in [5.41, 5.74) is 0.992. The van der Waals surface area contributed by atoms with E-state index < -0.39 is 15.1 Å². The fourth-order valence-electron chi connectivity index (χ4n) is 3.18. The van der Waals surface area contributed by atoms with Gasteiger partial charge in [0.25, 0.3) is 0 Å². The Hall–Kier alpha value is -2.31. The van der Waals surface area contributed by atoms with Gasteiger partial charge in [0, 0.05) is 29.8 Å². The first-order valence-corrected chi connectivity index (χ1v) is 10.2. The van der Waals surface area contributed by atoms with E-state index in [-0.39, 0.29) is 30.4 Å². The maximum Gasteiger partial charge on any atom is 0.242 e. The molecule has 1 aliphatic heterocycles. The quantitative estimate of drug-likeness (QED) is 0.690. The van der Waals surface area contributed by atoms with Crippen molar-refractivity contribution in [3.63, 3.8) is 0 Å². The first kappa shape index (κ1) is 17.1. The highest BCUT2D eigenvalue weighted by atomic mass is 35.5. The van der Waals surface area contributed by atoms with Gasteiger partial charge in [-0.15, -0.1) is 0 Å². The summed E-state index contributed by atoms with van der Waals surface area (Å²) in [6, 6.07) is 16.0. The van der Waals surface area contributed by atoms with E-state index in [0.29, 0.717) is 5.02 Å². The van der Waals surface area contributed by atoms with E-state index in [1.807, 2.05) is 41.1 Å². The number of rotatable bonds is 4. The number of amides is 1. The van der Waals surface area contributed by atoms with Crippen LogP contribution in [-0.4, -0.2) is 42.1 Å². The average Bonchev–Trinajstić information content (AvgIpc) is 2.97. The molecule has 0 aliphatic carbocycles. The van der Waals surface area contributed by atoms with Gasteiger partial charge < -0.3 is 9.47 Å². The fourth-order valence-corrected chi connectivity index (χ4v) is 4.96. The summed E-state index contributed by atoms with van der Waals surface area (Å²) in [7, 11) is -3.44. The second-order valence-corrected chi connectivity index (χ2v) is 9.09. The van der Waals surface area contributed by atoms with Crippen LogP contribution in [0.25, 0.3) is 10.9 Å². The number of fused-ring (bicyclic) bond motifs is 1. The molecule has 0 saturated carbocycles. The molecule has 134 valence electrons. The smallest absolute Gasteiger partial charge is 0.242 e. The second-order valence-electron chi connectivity index (χ2n) is 6.42. The van der Waals surface area contributed by atoms with Crippen molar-refractivity contribution in [1.82, 2.24) is 9.47 Å². The molecule has 5 nitrogen and oxygen atoms in total. The molecular weight excluding hydrogens is 372 g/mol. The van der Waals surface area contributed by atoms with Crippen LogP contribution in [0.2, 0.25) is 5.02 Å². The van der Waals surface area contributed by atoms with Crippen LogP contribution in [0.3, 0.4) is 0 Å². The largest absolute Gasteiger partial charge is 0.338 e. The summed E-state index contributed by atoms with van der Waals surface area (Å²) in [6.45, 7) is 0.660. The van der Waals surface area contributed by atoms with Crippen molar-refractivity contribution >= 4 is 38.2 Å². The van der Waals surface area contributed by atoms with E-state index in [1.54, 1.807) is 17.0 Å². The average molecular weight is 389 g/mol. The van der Waals surface area contributed by atoms with E-state index in [9.17, 15) is 13.2 Å². The van der Waals surface area contributed by atoms with Crippen molar-refractivity contribution in [3.8, 4) is 0 Å². The van der Waals surface area contributed by atoms with Crippen LogP contribution in [0.15, 0.2) is 65.7 Å². The van der Waals surface area contributed by atoms with Gasteiger partial charge in [-0.05, 0) is 41.8 Å². The van der Waals surface area contributed by atoms with Gasteiger partial charge >= 0.3 is 0 Å². The van der Waals surface area contributed by atoms with Gasteiger partial charge in [-0.2, -0.15) is 0 Å². The van der Waals surface area contributed by atoms with Crippen LogP contribution < -0.4 is 0 Å². The number of carbonyl (C=O) groups excluding carboxylic acids is 1. The van der Waals surface area contributed by atoms with Crippen molar-refractivity contribution in [2.75, 3.05) is 13.1 Å². The molecule has 0 atom stereocenters. The Morgan fingerprint density at radius 1 is 1.04 bits per heavy atom. The van der Waals surface area contributed by atoms with Crippen molar-refractivity contribution in [1.29, 1.82) is 0 Å². The molecule has 0 bridgehead atoms. The molecule has 2 aromatic carbocycles. The van der Waals surface area contributed by atoms with Crippen molar-refractivity contribution in [2.45, 2.75) is 16.7 Å². The summed E-state index contributed by atoms with van der Waals surface area (Å²) >= 11 is 5.81. The number of benzene rings is 2. The lowest BCUT2D eigenvalue weighted by atomic mass is 10.2. The Labute approximate surface area is 156 Å². The van der Waals surface area contributed by atoms with Crippen LogP contribution in [0, 0.1) is 0 Å². The lowest BCUT2D eigenvalue weighted by Crippen LogP contribution is -2.57. The predicted molar refractivity (Wildman–Crippen MR) is 101 cm³/mol. The van der Waals surface area contributed by atoms with Gasteiger partial charge in [-0.25, -0.2) is 8.42 Å². The maximum atomic E-state index is 12.6. The van der Waals surface area contributed by atoms with Gasteiger partial charge in [0.2, 0.25) is 5.91 Å². The molecule has 2 heterocycles. The van der Waals surface area contributed by atoms with Gasteiger partial charge in [0.05, 0.1) is 4.90 Å². The molecule has 0 radical (unpaired) electrons. The number of likely N-dealkylation sites (tertiary alicyclic amines) is 1. The molecule has 3 aromatic rings. The number of hydrogen-bond acceptors (Lipinski definition) is 3. The number of sulfone groups is 1. The van der Waals surface area contributed by atoms with E-state index in [4.69, 9.17) is 11.6 Å². The molecule has 0 spiro atoms. The standard InChI is InChI=1S/C19H17ClN2O3S/c20-15-5-7-16(8-6-15)26(24,25)17-11-22(12-17)19(23)13-21-10-9-14-3-1-2-4-18(14)21/h1-10,17H,11-13H2. The van der Waals surface area contributed by atoms with Gasteiger partial charge in [0.1, 0.15) is 11.8 Å². The van der Waals surface area contributed by atoms with Gasteiger partial charge in [0.15, 0.2) is 9.84 Å². The minimum absolute atomic E-state index is 0.0751. The predicted octanol–water partition coefficient (Wildman–Crippen LogP) is 2.98. The molecule has 1 aliphatic rings. The molecule has 1 saturated heterocycles. The van der Waals surface area contributed by atoms with Gasteiger partial charge in [-0.3, -0.25) is 4.79 Å². The Morgan fingerprint density at radius 3 is 2.46 bits per heavy atom. The summed E-state index contributed by atoms with van der Waals surface area (Å²) in [4.78, 5) is 14.3. The first-order chi connectivity index (χ1) is 12.4. The highest BCUT2D eigenvalue weighted by Gasteiger charge is 2.40. The third-order valence-electron chi connectivity index (χ3n) is 4.77. The Bertz CT molecular complexity index is 1070. The third-order valence-corrected chi connectivity index (χ3v) is 7.12. The van der Waals surface area contributed by atoms with Crippen molar-refractivity contribution in [2.24, 2.45) is 0 Å². The first-order valence-electron chi connectivity index (χ1n) is 8.26. The third kappa shape index (κ3) is 2.99. The van der Waals surface area contributed by atoms with Crippen LogP contribution in [-0.2, 0) is 21.2 Å². The number of para-hydroxylation sites is 1. The molecule has 0 N–H and O–H groups in total. The number of aromatic nitrogens is 1. The van der Waals surface area contributed by atoms with Crippen LogP contribution >= 0.6 is 11.6 Å². The summed E-state index contributed by atoms with van der Waals surface area (Å²) in [5, 5.41) is 1.01. The van der Waals surface area contributed by atoms with Crippen LogP contribution in [0.1, 0.15) is 0 Å². The zero-order valence-electron chi connectivity index (χ0n) is 13.9. The minimum atomic E-state index is -3.44. The number of hydrogen-bond donors (Lipinski definition) is 0. The topological polar surface area (TPSA) is 59.4 Å². The van der Waals surface area contributed by atoms with Crippen LogP contribution in [0.5, 0.6) is 0 Å². The zero-order valence-corrected chi connectivity index (χ0v) is 15.4. The van der Waals surface area contributed by atoms with E-state index in [2.05, 4.69) is 0 Å². The van der Waals surface area contributed by atoms with Gasteiger partial charge in [-0.1, -0.05) is 29.8 Å². The second kappa shape index (κ2) is 6.45. The lowest BCUT2D eigenvalue weighted by Gasteiger charge is -2.38. The van der Waals surface area contributed by atoms with E-state index >= 15 is 0 Å². The molecule has 1 fully saturated rings. The molecule has 7 heteroatoms. The Balaban J connectivity index is 1.42. The molecule has 26 heavy (non-hydrogen) atoms. The van der Waals surface area contributed by atoms with Crippen LogP contribution in [0.4, 0.5) is 0 Å². The lowest BCUT2D eigenvalue weighted by molar-refractivity contribution is -0.134. The molecule has 0 unspecified atom stereocenters. The highest BCUT2D eigenvalue weighted by molar-refractivity contribution is 7.92. The number of halogens is 1. The molecular formula is C19H17ClN2O3S. The molecule has 4 rings (SSSR count).